The van der Waals surface area contributed by atoms with Crippen LogP contribution >= 0.6 is 0 Å². The lowest BCUT2D eigenvalue weighted by molar-refractivity contribution is -0.0528. The first-order valence-electron chi connectivity index (χ1n) is 7.71. The number of methoxy groups -OCH3 is 1. The lowest BCUT2D eigenvalue weighted by Gasteiger charge is -2.41. The highest BCUT2D eigenvalue weighted by Crippen LogP contribution is 2.38. The summed E-state index contributed by atoms with van der Waals surface area (Å²) in [7, 11) is 1.87. The summed E-state index contributed by atoms with van der Waals surface area (Å²) in [5, 5.41) is 3.77. The van der Waals surface area contributed by atoms with E-state index < -0.39 is 0 Å². The number of nitrogens with one attached hydrogen (secondary N) is 1. The monoisotopic (exact) mass is 252 g/mol. The Kier molecular flexibility index (Phi) is 3.65. The van der Waals surface area contributed by atoms with E-state index in [2.05, 4.69) is 17.1 Å². The number of fused-ring (bicyclic) bond motifs is 1. The second-order valence-corrected chi connectivity index (χ2v) is 6.86. The van der Waals surface area contributed by atoms with Crippen LogP contribution in [-0.2, 0) is 4.74 Å². The van der Waals surface area contributed by atoms with Gasteiger partial charge in [0.15, 0.2) is 0 Å². The molecule has 18 heavy (non-hydrogen) atoms. The summed E-state index contributed by atoms with van der Waals surface area (Å²) in [6, 6.07) is 0.747. The molecule has 0 aromatic carbocycles. The molecule has 104 valence electrons. The molecule has 0 aromatic rings. The van der Waals surface area contributed by atoms with Gasteiger partial charge in [-0.1, -0.05) is 6.42 Å². The molecule has 2 saturated heterocycles. The van der Waals surface area contributed by atoms with E-state index in [0.717, 1.165) is 24.4 Å². The highest BCUT2D eigenvalue weighted by molar-refractivity contribution is 4.96. The largest absolute Gasteiger partial charge is 0.377 e. The van der Waals surface area contributed by atoms with Crippen LogP contribution in [0, 0.1) is 11.8 Å². The Labute approximate surface area is 111 Å². The molecule has 0 radical (unpaired) electrons. The fourth-order valence-electron chi connectivity index (χ4n) is 4.41. The van der Waals surface area contributed by atoms with Crippen molar-refractivity contribution >= 4 is 0 Å². The van der Waals surface area contributed by atoms with Crippen LogP contribution in [0.1, 0.15) is 39.0 Å². The van der Waals surface area contributed by atoms with Gasteiger partial charge in [-0.05, 0) is 57.5 Å². The van der Waals surface area contributed by atoms with Gasteiger partial charge in [0.05, 0.1) is 5.60 Å². The summed E-state index contributed by atoms with van der Waals surface area (Å²) in [5.41, 5.74) is 0.0892. The van der Waals surface area contributed by atoms with Crippen molar-refractivity contribution in [3.8, 4) is 0 Å². The van der Waals surface area contributed by atoms with Gasteiger partial charge in [0.2, 0.25) is 0 Å². The number of nitrogens with zero attached hydrogens (tertiary/aromatic N) is 1. The molecule has 0 aromatic heterocycles. The number of hydrogen-bond acceptors (Lipinski definition) is 3. The SMILES string of the molecule is COC1(C)CCCN(CC2NCC3CCCC32)C1. The first kappa shape index (κ1) is 12.9. The Morgan fingerprint density at radius 2 is 2.22 bits per heavy atom. The van der Waals surface area contributed by atoms with E-state index >= 15 is 0 Å². The van der Waals surface area contributed by atoms with E-state index in [-0.39, 0.29) is 5.60 Å². The van der Waals surface area contributed by atoms with Crippen LogP contribution in [0.4, 0.5) is 0 Å². The average molecular weight is 252 g/mol. The molecule has 1 saturated carbocycles. The van der Waals surface area contributed by atoms with Crippen molar-refractivity contribution in [1.82, 2.24) is 10.2 Å². The molecule has 3 rings (SSSR count). The molecule has 3 aliphatic rings. The van der Waals surface area contributed by atoms with Gasteiger partial charge in [-0.15, -0.1) is 0 Å². The lowest BCUT2D eigenvalue weighted by Crippen LogP contribution is -2.51. The van der Waals surface area contributed by atoms with Crippen molar-refractivity contribution < 1.29 is 4.74 Å². The number of likely N-dealkylation sites (tertiary alicyclic amines) is 1. The van der Waals surface area contributed by atoms with E-state index in [1.54, 1.807) is 0 Å². The van der Waals surface area contributed by atoms with Crippen molar-refractivity contribution in [3.05, 3.63) is 0 Å². The summed E-state index contributed by atoms with van der Waals surface area (Å²) in [6.07, 6.45) is 6.88. The maximum absolute atomic E-state index is 5.70. The Morgan fingerprint density at radius 1 is 1.33 bits per heavy atom. The van der Waals surface area contributed by atoms with E-state index in [4.69, 9.17) is 4.74 Å². The molecule has 1 aliphatic carbocycles. The molecule has 0 amide bonds. The van der Waals surface area contributed by atoms with Gasteiger partial charge >= 0.3 is 0 Å². The number of hydrogen-bond donors (Lipinski definition) is 1. The molecule has 1 N–H and O–H groups in total. The second-order valence-electron chi connectivity index (χ2n) is 6.86. The molecule has 0 spiro atoms. The van der Waals surface area contributed by atoms with E-state index in [1.807, 2.05) is 7.11 Å². The number of ether oxygens (including phenoxy) is 1. The van der Waals surface area contributed by atoms with Gasteiger partial charge in [-0.2, -0.15) is 0 Å². The highest BCUT2D eigenvalue weighted by Gasteiger charge is 2.40. The van der Waals surface area contributed by atoms with Crippen LogP contribution < -0.4 is 5.32 Å². The van der Waals surface area contributed by atoms with E-state index in [9.17, 15) is 0 Å². The normalized spacial score (nSPS) is 45.3. The molecule has 4 atom stereocenters. The average Bonchev–Trinajstić information content (AvgIpc) is 2.94. The van der Waals surface area contributed by atoms with Gasteiger partial charge in [-0.25, -0.2) is 0 Å². The van der Waals surface area contributed by atoms with Crippen molar-refractivity contribution in [2.24, 2.45) is 11.8 Å². The van der Waals surface area contributed by atoms with E-state index in [1.165, 1.54) is 51.7 Å². The third-order valence-corrected chi connectivity index (χ3v) is 5.56. The standard InChI is InChI=1S/C15H28N2O/c1-15(18-2)7-4-8-17(11-15)10-14-13-6-3-5-12(13)9-16-14/h12-14,16H,3-11H2,1-2H3. The third kappa shape index (κ3) is 2.45. The van der Waals surface area contributed by atoms with Gasteiger partial charge in [0.1, 0.15) is 0 Å². The highest BCUT2D eigenvalue weighted by atomic mass is 16.5. The molecule has 3 heteroatoms. The minimum absolute atomic E-state index is 0.0892. The summed E-state index contributed by atoms with van der Waals surface area (Å²) in [5.74, 6) is 1.94. The fraction of sp³-hybridized carbons (Fsp3) is 1.00. The van der Waals surface area contributed by atoms with Crippen LogP contribution in [0.2, 0.25) is 0 Å². The summed E-state index contributed by atoms with van der Waals surface area (Å²) in [4.78, 5) is 2.63. The van der Waals surface area contributed by atoms with Crippen molar-refractivity contribution in [1.29, 1.82) is 0 Å². The van der Waals surface area contributed by atoms with Gasteiger partial charge < -0.3 is 10.1 Å². The number of rotatable bonds is 3. The second kappa shape index (κ2) is 5.10. The lowest BCUT2D eigenvalue weighted by atomic mass is 9.91. The summed E-state index contributed by atoms with van der Waals surface area (Å²) in [6.45, 7) is 7.14. The maximum atomic E-state index is 5.70. The topological polar surface area (TPSA) is 24.5 Å². The smallest absolute Gasteiger partial charge is 0.0777 e. The predicted octanol–water partition coefficient (Wildman–Crippen LogP) is 1.88. The number of piperidine rings is 1. The van der Waals surface area contributed by atoms with E-state index in [0.29, 0.717) is 0 Å². The first-order chi connectivity index (χ1) is 8.70. The molecular weight excluding hydrogens is 224 g/mol. The molecule has 2 heterocycles. The third-order valence-electron chi connectivity index (χ3n) is 5.56. The molecule has 0 bridgehead atoms. The minimum Gasteiger partial charge on any atom is -0.377 e. The molecule has 2 aliphatic heterocycles. The zero-order chi connectivity index (χ0) is 12.6. The molecule has 3 nitrogen and oxygen atoms in total. The van der Waals surface area contributed by atoms with Gasteiger partial charge in [0.25, 0.3) is 0 Å². The van der Waals surface area contributed by atoms with Gasteiger partial charge in [-0.3, -0.25) is 4.90 Å². The summed E-state index contributed by atoms with van der Waals surface area (Å²) >= 11 is 0. The van der Waals surface area contributed by atoms with Crippen molar-refractivity contribution in [2.45, 2.75) is 50.7 Å². The van der Waals surface area contributed by atoms with Crippen LogP contribution in [0.15, 0.2) is 0 Å². The Hall–Kier alpha value is -0.120. The predicted molar refractivity (Wildman–Crippen MR) is 73.7 cm³/mol. The maximum Gasteiger partial charge on any atom is 0.0777 e. The van der Waals surface area contributed by atoms with Crippen LogP contribution in [0.3, 0.4) is 0 Å². The Bertz CT molecular complexity index is 296. The fourth-order valence-corrected chi connectivity index (χ4v) is 4.41. The quantitative estimate of drug-likeness (QED) is 0.830. The molecular formula is C15H28N2O. The van der Waals surface area contributed by atoms with Crippen molar-refractivity contribution in [2.75, 3.05) is 33.3 Å². The zero-order valence-electron chi connectivity index (χ0n) is 12.0. The molecule has 3 fully saturated rings. The van der Waals surface area contributed by atoms with Crippen LogP contribution in [-0.4, -0.2) is 49.8 Å². The minimum atomic E-state index is 0.0892. The zero-order valence-corrected chi connectivity index (χ0v) is 12.0. The molecule has 4 unspecified atom stereocenters. The van der Waals surface area contributed by atoms with Crippen LogP contribution in [0.25, 0.3) is 0 Å². The Morgan fingerprint density at radius 3 is 3.06 bits per heavy atom. The summed E-state index contributed by atoms with van der Waals surface area (Å²) < 4.78 is 5.70. The van der Waals surface area contributed by atoms with Crippen LogP contribution in [0.5, 0.6) is 0 Å². The van der Waals surface area contributed by atoms with Crippen molar-refractivity contribution in [3.63, 3.8) is 0 Å². The van der Waals surface area contributed by atoms with Gasteiger partial charge in [0, 0.05) is 26.2 Å². The first-order valence-corrected chi connectivity index (χ1v) is 7.71. The Balaban J connectivity index is 1.56.